The molecule has 0 bridgehead atoms. The minimum Gasteiger partial charge on any atom is -0.311 e. The first-order valence-corrected chi connectivity index (χ1v) is 7.27. The Hall–Kier alpha value is -1.46. The van der Waals surface area contributed by atoms with Gasteiger partial charge >= 0.3 is 0 Å². The number of nitrogens with zero attached hydrogens (tertiary/aromatic N) is 2. The molecule has 1 unspecified atom stereocenters. The maximum atomic E-state index is 13.8. The Labute approximate surface area is 127 Å². The number of aromatic nitrogens is 2. The Kier molecular flexibility index (Phi) is 5.31. The molecule has 0 aliphatic rings. The molecule has 3 nitrogen and oxygen atoms in total. The molecule has 1 aromatic carbocycles. The Balaban J connectivity index is 2.35. The van der Waals surface area contributed by atoms with Crippen LogP contribution in [-0.2, 0) is 13.0 Å². The third kappa shape index (κ3) is 3.41. The van der Waals surface area contributed by atoms with Gasteiger partial charge < -0.3 is 5.32 Å². The third-order valence-corrected chi connectivity index (χ3v) is 3.71. The summed E-state index contributed by atoms with van der Waals surface area (Å²) in [7, 11) is 1.74. The molecule has 0 spiro atoms. The van der Waals surface area contributed by atoms with Crippen LogP contribution in [0, 0.1) is 11.6 Å². The molecule has 1 aromatic heterocycles. The van der Waals surface area contributed by atoms with Crippen LogP contribution in [-0.4, -0.2) is 16.8 Å². The lowest BCUT2D eigenvalue weighted by molar-refractivity contribution is 0.474. The maximum absolute atomic E-state index is 13.8. The van der Waals surface area contributed by atoms with Crippen molar-refractivity contribution in [1.29, 1.82) is 0 Å². The fourth-order valence-corrected chi connectivity index (χ4v) is 2.65. The highest BCUT2D eigenvalue weighted by molar-refractivity contribution is 6.31. The first kappa shape index (κ1) is 15.9. The standard InChI is InChI=1S/C15H18ClF2N3/c1-3-7-21-15(11(16)9-20-21)14(19-2)8-10-12(17)5-4-6-13(10)18/h4-6,9,14,19H,3,7-8H2,1-2H3. The van der Waals surface area contributed by atoms with Gasteiger partial charge in [-0.05, 0) is 32.0 Å². The second-order valence-corrected chi connectivity index (χ2v) is 5.25. The summed E-state index contributed by atoms with van der Waals surface area (Å²) in [5.74, 6) is -1.10. The summed E-state index contributed by atoms with van der Waals surface area (Å²) in [5.41, 5.74) is 0.806. The van der Waals surface area contributed by atoms with E-state index in [1.54, 1.807) is 17.9 Å². The Morgan fingerprint density at radius 2 is 2.00 bits per heavy atom. The number of nitrogens with one attached hydrogen (secondary N) is 1. The van der Waals surface area contributed by atoms with Gasteiger partial charge in [0, 0.05) is 12.1 Å². The molecule has 2 aromatic rings. The minimum absolute atomic E-state index is 0.0529. The summed E-state index contributed by atoms with van der Waals surface area (Å²) in [4.78, 5) is 0. The number of hydrogen-bond acceptors (Lipinski definition) is 2. The molecule has 0 aliphatic heterocycles. The second-order valence-electron chi connectivity index (χ2n) is 4.85. The van der Waals surface area contributed by atoms with Crippen LogP contribution >= 0.6 is 11.6 Å². The monoisotopic (exact) mass is 313 g/mol. The van der Waals surface area contributed by atoms with Gasteiger partial charge in [-0.3, -0.25) is 4.68 Å². The second kappa shape index (κ2) is 7.00. The van der Waals surface area contributed by atoms with E-state index in [9.17, 15) is 8.78 Å². The molecule has 114 valence electrons. The largest absolute Gasteiger partial charge is 0.311 e. The van der Waals surface area contributed by atoms with Crippen molar-refractivity contribution < 1.29 is 8.78 Å². The van der Waals surface area contributed by atoms with Crippen molar-refractivity contribution >= 4 is 11.6 Å². The van der Waals surface area contributed by atoms with Crippen LogP contribution in [0.5, 0.6) is 0 Å². The van der Waals surface area contributed by atoms with Gasteiger partial charge in [-0.15, -0.1) is 0 Å². The zero-order valence-electron chi connectivity index (χ0n) is 12.0. The van der Waals surface area contributed by atoms with E-state index < -0.39 is 11.6 Å². The summed E-state index contributed by atoms with van der Waals surface area (Å²) in [6, 6.07) is 3.57. The lowest BCUT2D eigenvalue weighted by Crippen LogP contribution is -2.24. The van der Waals surface area contributed by atoms with Crippen molar-refractivity contribution in [1.82, 2.24) is 15.1 Å². The van der Waals surface area contributed by atoms with Crippen molar-refractivity contribution in [3.05, 3.63) is 52.3 Å². The third-order valence-electron chi connectivity index (χ3n) is 3.42. The molecular weight excluding hydrogens is 296 g/mol. The molecule has 0 saturated carbocycles. The quantitative estimate of drug-likeness (QED) is 0.880. The van der Waals surface area contributed by atoms with E-state index in [0.717, 1.165) is 12.1 Å². The molecule has 0 amide bonds. The Morgan fingerprint density at radius 3 is 2.57 bits per heavy atom. The molecule has 1 heterocycles. The number of benzene rings is 1. The number of hydrogen-bond donors (Lipinski definition) is 1. The van der Waals surface area contributed by atoms with Gasteiger partial charge in [0.15, 0.2) is 0 Å². The summed E-state index contributed by atoms with van der Waals surface area (Å²) in [6.45, 7) is 2.74. The van der Waals surface area contributed by atoms with E-state index >= 15 is 0 Å². The molecule has 2 rings (SSSR count). The highest BCUT2D eigenvalue weighted by atomic mass is 35.5. The van der Waals surface area contributed by atoms with E-state index in [1.165, 1.54) is 18.2 Å². The van der Waals surface area contributed by atoms with Gasteiger partial charge in [0.25, 0.3) is 0 Å². The van der Waals surface area contributed by atoms with E-state index in [0.29, 0.717) is 11.6 Å². The molecule has 0 aliphatic carbocycles. The zero-order chi connectivity index (χ0) is 15.4. The molecule has 1 atom stereocenters. The number of rotatable bonds is 6. The van der Waals surface area contributed by atoms with Gasteiger partial charge in [0.1, 0.15) is 11.6 Å². The molecule has 6 heteroatoms. The normalized spacial score (nSPS) is 12.6. The molecule has 0 saturated heterocycles. The number of likely N-dealkylation sites (N-methyl/N-ethyl adjacent to an activating group) is 1. The average Bonchev–Trinajstić information content (AvgIpc) is 2.81. The summed E-state index contributed by atoms with van der Waals surface area (Å²) in [6.07, 6.45) is 2.63. The molecule has 0 fully saturated rings. The smallest absolute Gasteiger partial charge is 0.129 e. The van der Waals surface area contributed by atoms with E-state index in [2.05, 4.69) is 10.4 Å². The Bertz CT molecular complexity index is 593. The van der Waals surface area contributed by atoms with E-state index in [1.807, 2.05) is 6.92 Å². The highest BCUT2D eigenvalue weighted by Gasteiger charge is 2.22. The first-order valence-electron chi connectivity index (χ1n) is 6.89. The van der Waals surface area contributed by atoms with Crippen molar-refractivity contribution in [3.8, 4) is 0 Å². The van der Waals surface area contributed by atoms with Gasteiger partial charge in [-0.25, -0.2) is 8.78 Å². The topological polar surface area (TPSA) is 29.9 Å². The van der Waals surface area contributed by atoms with Gasteiger partial charge in [-0.1, -0.05) is 24.6 Å². The van der Waals surface area contributed by atoms with Crippen molar-refractivity contribution in [2.75, 3.05) is 7.05 Å². The van der Waals surface area contributed by atoms with Gasteiger partial charge in [-0.2, -0.15) is 5.10 Å². The fourth-order valence-electron chi connectivity index (χ4n) is 2.38. The SMILES string of the molecule is CCCn1ncc(Cl)c1C(Cc1c(F)cccc1F)NC. The van der Waals surface area contributed by atoms with Gasteiger partial charge in [0.2, 0.25) is 0 Å². The van der Waals surface area contributed by atoms with Crippen molar-refractivity contribution in [2.45, 2.75) is 32.4 Å². The summed E-state index contributed by atoms with van der Waals surface area (Å²) in [5, 5.41) is 7.79. The highest BCUT2D eigenvalue weighted by Crippen LogP contribution is 2.27. The van der Waals surface area contributed by atoms with Crippen LogP contribution < -0.4 is 5.32 Å². The summed E-state index contributed by atoms with van der Waals surface area (Å²) >= 11 is 6.19. The predicted molar refractivity (Wildman–Crippen MR) is 79.4 cm³/mol. The van der Waals surface area contributed by atoms with Crippen LogP contribution in [0.3, 0.4) is 0 Å². The number of aryl methyl sites for hydroxylation is 1. The van der Waals surface area contributed by atoms with Crippen LogP contribution in [0.25, 0.3) is 0 Å². The maximum Gasteiger partial charge on any atom is 0.129 e. The van der Waals surface area contributed by atoms with E-state index in [4.69, 9.17) is 11.6 Å². The van der Waals surface area contributed by atoms with Crippen LogP contribution in [0.1, 0.15) is 30.6 Å². The van der Waals surface area contributed by atoms with E-state index in [-0.39, 0.29) is 18.0 Å². The fraction of sp³-hybridized carbons (Fsp3) is 0.400. The van der Waals surface area contributed by atoms with Crippen molar-refractivity contribution in [2.24, 2.45) is 0 Å². The lowest BCUT2D eigenvalue weighted by Gasteiger charge is -2.19. The molecule has 1 N–H and O–H groups in total. The van der Waals surface area contributed by atoms with Crippen LogP contribution in [0.2, 0.25) is 5.02 Å². The molecular formula is C15H18ClF2N3. The van der Waals surface area contributed by atoms with Gasteiger partial charge in [0.05, 0.1) is 23.0 Å². The summed E-state index contributed by atoms with van der Waals surface area (Å²) < 4.78 is 29.4. The zero-order valence-corrected chi connectivity index (χ0v) is 12.8. The molecule has 0 radical (unpaired) electrons. The van der Waals surface area contributed by atoms with Crippen molar-refractivity contribution in [3.63, 3.8) is 0 Å². The van der Waals surface area contributed by atoms with Crippen LogP contribution in [0.15, 0.2) is 24.4 Å². The minimum atomic E-state index is -0.548. The molecule has 21 heavy (non-hydrogen) atoms. The average molecular weight is 314 g/mol. The van der Waals surface area contributed by atoms with Crippen LogP contribution in [0.4, 0.5) is 8.78 Å². The lowest BCUT2D eigenvalue weighted by atomic mass is 10.0. The number of halogens is 3. The Morgan fingerprint density at radius 1 is 1.33 bits per heavy atom. The predicted octanol–water partition coefficient (Wildman–Crippen LogP) is 3.73. The first-order chi connectivity index (χ1) is 10.1.